The number of hydrogen-bond donors (Lipinski definition) is 3. The van der Waals surface area contributed by atoms with Gasteiger partial charge in [-0.25, -0.2) is 0 Å². The fourth-order valence-electron chi connectivity index (χ4n) is 2.75. The van der Waals surface area contributed by atoms with Gasteiger partial charge >= 0.3 is 0 Å². The molecule has 1 unspecified atom stereocenters. The van der Waals surface area contributed by atoms with Crippen molar-refractivity contribution in [2.75, 3.05) is 26.2 Å². The van der Waals surface area contributed by atoms with Crippen LogP contribution in [0.5, 0.6) is 0 Å². The van der Waals surface area contributed by atoms with Crippen LogP contribution < -0.4 is 5.32 Å². The van der Waals surface area contributed by atoms with Crippen molar-refractivity contribution in [1.82, 2.24) is 30.8 Å². The van der Waals surface area contributed by atoms with Crippen molar-refractivity contribution in [3.8, 4) is 0 Å². The van der Waals surface area contributed by atoms with E-state index in [1.54, 1.807) is 0 Å². The van der Waals surface area contributed by atoms with Gasteiger partial charge in [0.2, 0.25) is 5.91 Å². The maximum absolute atomic E-state index is 12.4. The number of tetrazole rings is 1. The summed E-state index contributed by atoms with van der Waals surface area (Å²) in [4.78, 5) is 23.1. The molecule has 1 atom stereocenters. The number of aromatic nitrogens is 4. The van der Waals surface area contributed by atoms with Crippen LogP contribution in [-0.2, 0) is 16.0 Å². The Labute approximate surface area is 135 Å². The van der Waals surface area contributed by atoms with Gasteiger partial charge in [-0.3, -0.25) is 9.59 Å². The van der Waals surface area contributed by atoms with Gasteiger partial charge in [-0.05, 0) is 39.3 Å². The minimum atomic E-state index is -0.250. The monoisotopic (exact) mass is 326 g/mol. The van der Waals surface area contributed by atoms with Gasteiger partial charge in [-0.2, -0.15) is 5.21 Å². The average molecular weight is 326 g/mol. The number of carbonyl (C=O) groups is 2. The van der Waals surface area contributed by atoms with Gasteiger partial charge in [-0.15, -0.1) is 10.2 Å². The lowest BCUT2D eigenvalue weighted by Gasteiger charge is -2.38. The minimum absolute atomic E-state index is 0.170. The van der Waals surface area contributed by atoms with Crippen molar-refractivity contribution in [2.45, 2.75) is 39.5 Å². The zero-order valence-electron chi connectivity index (χ0n) is 13.8. The molecule has 0 bridgehead atoms. The maximum atomic E-state index is 12.4. The summed E-state index contributed by atoms with van der Waals surface area (Å²) in [5.74, 6) is 0.865. The topological polar surface area (TPSA) is 124 Å². The number of aromatic amines is 1. The molecular formula is C14H26N6O3. The molecule has 1 aliphatic heterocycles. The molecule has 9 nitrogen and oxygen atoms in total. The fraction of sp³-hybridized carbons (Fsp3) is 0.786. The first kappa shape index (κ1) is 19.0. The van der Waals surface area contributed by atoms with Gasteiger partial charge in [-0.1, -0.05) is 12.1 Å². The van der Waals surface area contributed by atoms with E-state index >= 15 is 0 Å². The third-order valence-electron chi connectivity index (χ3n) is 4.02. The summed E-state index contributed by atoms with van der Waals surface area (Å²) in [6, 6.07) is 0. The summed E-state index contributed by atoms with van der Waals surface area (Å²) in [6.07, 6.45) is 3.63. The van der Waals surface area contributed by atoms with Gasteiger partial charge in [0, 0.05) is 19.5 Å². The Morgan fingerprint density at radius 1 is 1.57 bits per heavy atom. The largest absolute Gasteiger partial charge is 0.483 e. The summed E-state index contributed by atoms with van der Waals surface area (Å²) in [6.45, 7) is 7.62. The van der Waals surface area contributed by atoms with Crippen LogP contribution in [0.2, 0.25) is 0 Å². The summed E-state index contributed by atoms with van der Waals surface area (Å²) >= 11 is 0. The normalized spacial score (nSPS) is 21.1. The second-order valence-corrected chi connectivity index (χ2v) is 5.83. The number of carboxylic acid groups (broad SMARTS) is 1. The molecule has 23 heavy (non-hydrogen) atoms. The molecule has 130 valence electrons. The first-order valence-electron chi connectivity index (χ1n) is 7.86. The number of carbonyl (C=O) groups excluding carboxylic acids is 1. The number of likely N-dealkylation sites (tertiary alicyclic amines) is 1. The minimum Gasteiger partial charge on any atom is -0.483 e. The first-order valence-corrected chi connectivity index (χ1v) is 7.86. The Hall–Kier alpha value is -2.03. The number of aryl methyl sites for hydroxylation is 1. The molecule has 3 N–H and O–H groups in total. The van der Waals surface area contributed by atoms with Crippen molar-refractivity contribution in [2.24, 2.45) is 5.41 Å². The van der Waals surface area contributed by atoms with Gasteiger partial charge in [0.25, 0.3) is 6.47 Å². The molecular weight excluding hydrogens is 300 g/mol. The van der Waals surface area contributed by atoms with E-state index in [0.717, 1.165) is 45.3 Å². The van der Waals surface area contributed by atoms with Gasteiger partial charge in [0.05, 0.1) is 5.41 Å². The van der Waals surface area contributed by atoms with E-state index in [1.165, 1.54) is 0 Å². The second kappa shape index (κ2) is 9.88. The molecule has 1 aromatic rings. The summed E-state index contributed by atoms with van der Waals surface area (Å²) in [5, 5.41) is 23.7. The Bertz CT molecular complexity index is 467. The van der Waals surface area contributed by atoms with Crippen LogP contribution in [0.3, 0.4) is 0 Å². The molecule has 0 aromatic carbocycles. The molecule has 0 spiro atoms. The third kappa shape index (κ3) is 6.31. The van der Waals surface area contributed by atoms with E-state index in [1.807, 2.05) is 0 Å². The predicted octanol–water partition coefficient (Wildman–Crippen LogP) is 0.0713. The first-order chi connectivity index (χ1) is 11.1. The third-order valence-corrected chi connectivity index (χ3v) is 4.02. The number of amides is 1. The number of nitrogens with zero attached hydrogens (tertiary/aromatic N) is 4. The highest BCUT2D eigenvalue weighted by Gasteiger charge is 2.36. The smallest absolute Gasteiger partial charge is 0.290 e. The molecule has 1 amide bonds. The molecule has 0 aliphatic carbocycles. The molecule has 1 aromatic heterocycles. The highest BCUT2D eigenvalue weighted by molar-refractivity contribution is 5.82. The van der Waals surface area contributed by atoms with E-state index in [2.05, 4.69) is 44.7 Å². The molecule has 1 fully saturated rings. The molecule has 2 heterocycles. The zero-order chi connectivity index (χ0) is 17.1. The van der Waals surface area contributed by atoms with Crippen LogP contribution >= 0.6 is 0 Å². The highest BCUT2D eigenvalue weighted by atomic mass is 16.3. The van der Waals surface area contributed by atoms with Crippen LogP contribution in [0, 0.1) is 5.41 Å². The number of rotatable bonds is 6. The van der Waals surface area contributed by atoms with Crippen LogP contribution in [0.15, 0.2) is 0 Å². The highest BCUT2D eigenvalue weighted by Crippen LogP contribution is 2.29. The predicted molar refractivity (Wildman–Crippen MR) is 83.7 cm³/mol. The average Bonchev–Trinajstić information content (AvgIpc) is 3.05. The number of H-pyrrole nitrogens is 1. The van der Waals surface area contributed by atoms with Crippen LogP contribution in [0.25, 0.3) is 0 Å². The molecule has 2 rings (SSSR count). The quantitative estimate of drug-likeness (QED) is 0.499. The van der Waals surface area contributed by atoms with Crippen molar-refractivity contribution >= 4 is 12.4 Å². The van der Waals surface area contributed by atoms with E-state index in [0.29, 0.717) is 12.4 Å². The van der Waals surface area contributed by atoms with Crippen molar-refractivity contribution in [3.63, 3.8) is 0 Å². The molecule has 9 heteroatoms. The van der Waals surface area contributed by atoms with Crippen LogP contribution in [0.4, 0.5) is 0 Å². The molecule has 1 aliphatic rings. The van der Waals surface area contributed by atoms with Crippen molar-refractivity contribution in [3.05, 3.63) is 5.82 Å². The molecule has 1 saturated heterocycles. The number of piperidine rings is 1. The van der Waals surface area contributed by atoms with Crippen LogP contribution in [0.1, 0.15) is 38.9 Å². The summed E-state index contributed by atoms with van der Waals surface area (Å²) in [5.41, 5.74) is -0.250. The Kier molecular flexibility index (Phi) is 8.17. The van der Waals surface area contributed by atoms with Crippen LogP contribution in [-0.4, -0.2) is 69.2 Å². The van der Waals surface area contributed by atoms with E-state index in [4.69, 9.17) is 9.90 Å². The zero-order valence-corrected chi connectivity index (χ0v) is 13.8. The SMILES string of the molecule is CCN1CCCC(C)(C(=O)NCCCc2nn[nH]n2)C1.O=CO. The van der Waals surface area contributed by atoms with Gasteiger partial charge in [0.15, 0.2) is 5.82 Å². The maximum Gasteiger partial charge on any atom is 0.290 e. The number of nitrogens with one attached hydrogen (secondary N) is 2. The molecule has 0 saturated carbocycles. The lowest BCUT2D eigenvalue weighted by molar-refractivity contribution is -0.133. The lowest BCUT2D eigenvalue weighted by atomic mass is 9.81. The Balaban J connectivity index is 0.000000816. The van der Waals surface area contributed by atoms with Crippen molar-refractivity contribution in [1.29, 1.82) is 0 Å². The standard InChI is InChI=1S/C13H24N6O.CH2O2/c1-3-19-9-5-7-13(2,10-19)12(20)14-8-4-6-11-15-17-18-16-11;2-1-3/h3-10H2,1-2H3,(H,14,20)(H,15,16,17,18);1H,(H,2,3). The fourth-order valence-corrected chi connectivity index (χ4v) is 2.75. The van der Waals surface area contributed by atoms with E-state index in [-0.39, 0.29) is 17.8 Å². The number of hydrogen-bond acceptors (Lipinski definition) is 6. The second-order valence-electron chi connectivity index (χ2n) is 5.83. The Morgan fingerprint density at radius 2 is 2.30 bits per heavy atom. The van der Waals surface area contributed by atoms with E-state index < -0.39 is 0 Å². The lowest BCUT2D eigenvalue weighted by Crippen LogP contribution is -2.50. The van der Waals surface area contributed by atoms with Crippen molar-refractivity contribution < 1.29 is 14.7 Å². The Morgan fingerprint density at radius 3 is 2.91 bits per heavy atom. The summed E-state index contributed by atoms with van der Waals surface area (Å²) < 4.78 is 0. The van der Waals surface area contributed by atoms with E-state index in [9.17, 15) is 4.79 Å². The molecule has 0 radical (unpaired) electrons. The van der Waals surface area contributed by atoms with Gasteiger partial charge in [0.1, 0.15) is 0 Å². The van der Waals surface area contributed by atoms with Gasteiger partial charge < -0.3 is 15.3 Å². The summed E-state index contributed by atoms with van der Waals surface area (Å²) in [7, 11) is 0.